The van der Waals surface area contributed by atoms with E-state index >= 15 is 0 Å². The quantitative estimate of drug-likeness (QED) is 0.810. The van der Waals surface area contributed by atoms with Crippen molar-refractivity contribution in [3.63, 3.8) is 0 Å². The number of rotatable bonds is 4. The maximum atomic E-state index is 12.0. The number of sulfonamides is 1. The van der Waals surface area contributed by atoms with Gasteiger partial charge in [0.1, 0.15) is 4.90 Å². The van der Waals surface area contributed by atoms with Gasteiger partial charge in [0.2, 0.25) is 10.0 Å². The van der Waals surface area contributed by atoms with Crippen LogP contribution < -0.4 is 10.0 Å². The van der Waals surface area contributed by atoms with Crippen LogP contribution in [0.15, 0.2) is 18.5 Å². The van der Waals surface area contributed by atoms with E-state index in [-0.39, 0.29) is 6.04 Å². The van der Waals surface area contributed by atoms with Crippen molar-refractivity contribution >= 4 is 53.2 Å². The fourth-order valence-electron chi connectivity index (χ4n) is 1.73. The molecule has 1 aromatic rings. The van der Waals surface area contributed by atoms with Crippen LogP contribution in [0.1, 0.15) is 12.8 Å². The molecule has 0 amide bonds. The topological polar surface area (TPSA) is 58.2 Å². The maximum absolute atomic E-state index is 12.0. The molecule has 2 heterocycles. The monoisotopic (exact) mass is 402 g/mol. The Morgan fingerprint density at radius 1 is 1.53 bits per heavy atom. The summed E-state index contributed by atoms with van der Waals surface area (Å²) in [4.78, 5) is 0.298. The highest BCUT2D eigenvalue weighted by Gasteiger charge is 2.22. The molecule has 0 saturated carbocycles. The van der Waals surface area contributed by atoms with Gasteiger partial charge in [-0.25, -0.2) is 13.1 Å². The largest absolute Gasteiger partial charge is 0.313 e. The molecule has 2 rings (SSSR count). The van der Waals surface area contributed by atoms with Gasteiger partial charge in [-0.1, -0.05) is 0 Å². The van der Waals surface area contributed by atoms with Gasteiger partial charge in [-0.05, 0) is 57.3 Å². The van der Waals surface area contributed by atoms with Crippen molar-refractivity contribution in [3.05, 3.63) is 13.6 Å². The third-order valence-corrected chi connectivity index (χ3v) is 6.78. The zero-order valence-corrected chi connectivity index (χ0v) is 13.7. The Balaban J connectivity index is 2.05. The van der Waals surface area contributed by atoms with Crippen LogP contribution in [0.4, 0.5) is 0 Å². The van der Waals surface area contributed by atoms with Crippen molar-refractivity contribution in [1.82, 2.24) is 10.0 Å². The molecule has 8 heteroatoms. The van der Waals surface area contributed by atoms with Crippen LogP contribution in [0.2, 0.25) is 0 Å². The van der Waals surface area contributed by atoms with Crippen molar-refractivity contribution in [1.29, 1.82) is 0 Å². The third-order valence-electron chi connectivity index (χ3n) is 2.60. The van der Waals surface area contributed by atoms with Gasteiger partial charge in [-0.2, -0.15) is 0 Å². The first kappa shape index (κ1) is 14.0. The van der Waals surface area contributed by atoms with Gasteiger partial charge >= 0.3 is 0 Å². The second kappa shape index (κ2) is 5.66. The Kier molecular flexibility index (Phi) is 4.65. The van der Waals surface area contributed by atoms with Crippen molar-refractivity contribution in [3.8, 4) is 0 Å². The fourth-order valence-corrected chi connectivity index (χ4v) is 6.62. The number of halogens is 2. The summed E-state index contributed by atoms with van der Waals surface area (Å²) in [5.74, 6) is 0. The molecule has 1 aliphatic rings. The van der Waals surface area contributed by atoms with Crippen LogP contribution in [0.3, 0.4) is 0 Å². The van der Waals surface area contributed by atoms with Crippen molar-refractivity contribution in [2.75, 3.05) is 13.1 Å². The molecule has 0 bridgehead atoms. The van der Waals surface area contributed by atoms with Gasteiger partial charge in [0.25, 0.3) is 0 Å². The van der Waals surface area contributed by atoms with Gasteiger partial charge in [-0.3, -0.25) is 0 Å². The summed E-state index contributed by atoms with van der Waals surface area (Å²) >= 11 is 7.89. The van der Waals surface area contributed by atoms with E-state index in [0.29, 0.717) is 15.2 Å². The Bertz CT molecular complexity index is 495. The third kappa shape index (κ3) is 3.51. The first-order valence-corrected chi connectivity index (χ1v) is 9.05. The lowest BCUT2D eigenvalue weighted by Gasteiger charge is -2.11. The van der Waals surface area contributed by atoms with Crippen molar-refractivity contribution < 1.29 is 8.42 Å². The summed E-state index contributed by atoms with van der Waals surface area (Å²) in [7, 11) is -3.41. The summed E-state index contributed by atoms with van der Waals surface area (Å²) < 4.78 is 28.1. The number of thiophene rings is 1. The highest BCUT2D eigenvalue weighted by atomic mass is 79.9. The minimum Gasteiger partial charge on any atom is -0.313 e. The molecule has 1 aliphatic heterocycles. The smallest absolute Gasteiger partial charge is 0.242 e. The average Bonchev–Trinajstić information content (AvgIpc) is 2.85. The number of hydrogen-bond acceptors (Lipinski definition) is 4. The molecule has 0 spiro atoms. The summed E-state index contributed by atoms with van der Waals surface area (Å²) in [5, 5.41) is 3.26. The SMILES string of the molecule is O=S(=O)(NCC1CCCN1)c1cc(Br)sc1Br. The minimum atomic E-state index is -3.41. The Labute approximate surface area is 121 Å². The van der Waals surface area contributed by atoms with Crippen molar-refractivity contribution in [2.24, 2.45) is 0 Å². The summed E-state index contributed by atoms with van der Waals surface area (Å²) in [6, 6.07) is 1.87. The molecule has 0 aliphatic carbocycles. The van der Waals surface area contributed by atoms with E-state index in [4.69, 9.17) is 0 Å². The van der Waals surface area contributed by atoms with E-state index in [1.165, 1.54) is 11.3 Å². The Morgan fingerprint density at radius 3 is 2.82 bits per heavy atom. The maximum Gasteiger partial charge on any atom is 0.242 e. The molecule has 96 valence electrons. The van der Waals surface area contributed by atoms with E-state index < -0.39 is 10.0 Å². The average molecular weight is 404 g/mol. The van der Waals surface area contributed by atoms with E-state index in [2.05, 4.69) is 41.9 Å². The normalized spacial score (nSPS) is 20.9. The second-order valence-corrected chi connectivity index (χ2v) is 9.32. The molecule has 1 atom stereocenters. The van der Waals surface area contributed by atoms with Gasteiger partial charge in [-0.15, -0.1) is 11.3 Å². The van der Waals surface area contributed by atoms with Crippen LogP contribution in [-0.2, 0) is 10.0 Å². The van der Waals surface area contributed by atoms with E-state index in [1.807, 2.05) is 0 Å². The fraction of sp³-hybridized carbons (Fsp3) is 0.556. The lowest BCUT2D eigenvalue weighted by molar-refractivity contribution is 0.552. The molecule has 17 heavy (non-hydrogen) atoms. The van der Waals surface area contributed by atoms with Gasteiger partial charge in [0.05, 0.1) is 7.57 Å². The molecule has 1 fully saturated rings. The summed E-state index contributed by atoms with van der Waals surface area (Å²) in [5.41, 5.74) is 0. The molecule has 1 unspecified atom stereocenters. The Morgan fingerprint density at radius 2 is 2.29 bits per heavy atom. The van der Waals surface area contributed by atoms with E-state index in [1.54, 1.807) is 6.07 Å². The lowest BCUT2D eigenvalue weighted by atomic mass is 10.2. The summed E-state index contributed by atoms with van der Waals surface area (Å²) in [6.45, 7) is 1.42. The van der Waals surface area contributed by atoms with E-state index in [0.717, 1.165) is 23.2 Å². The van der Waals surface area contributed by atoms with Gasteiger partial charge in [0.15, 0.2) is 0 Å². The zero-order chi connectivity index (χ0) is 12.5. The molecular weight excluding hydrogens is 392 g/mol. The van der Waals surface area contributed by atoms with Crippen LogP contribution in [0, 0.1) is 0 Å². The van der Waals surface area contributed by atoms with E-state index in [9.17, 15) is 8.42 Å². The Hall–Kier alpha value is 0.530. The number of nitrogens with one attached hydrogen (secondary N) is 2. The highest BCUT2D eigenvalue weighted by Crippen LogP contribution is 2.34. The predicted octanol–water partition coefficient (Wildman–Crippen LogP) is 2.30. The first-order chi connectivity index (χ1) is 7.99. The molecule has 1 aromatic heterocycles. The van der Waals surface area contributed by atoms with Crippen LogP contribution in [-0.4, -0.2) is 27.5 Å². The van der Waals surface area contributed by atoms with Crippen LogP contribution in [0.25, 0.3) is 0 Å². The van der Waals surface area contributed by atoms with Gasteiger partial charge in [0, 0.05) is 12.6 Å². The minimum absolute atomic E-state index is 0.255. The highest BCUT2D eigenvalue weighted by molar-refractivity contribution is 9.12. The second-order valence-electron chi connectivity index (χ2n) is 3.83. The van der Waals surface area contributed by atoms with Crippen LogP contribution in [0.5, 0.6) is 0 Å². The van der Waals surface area contributed by atoms with Gasteiger partial charge < -0.3 is 5.32 Å². The first-order valence-electron chi connectivity index (χ1n) is 5.17. The van der Waals surface area contributed by atoms with Crippen LogP contribution >= 0.6 is 43.2 Å². The molecule has 1 saturated heterocycles. The molecular formula is C9H12Br2N2O2S2. The predicted molar refractivity (Wildman–Crippen MR) is 75.9 cm³/mol. The number of hydrogen-bond donors (Lipinski definition) is 2. The zero-order valence-electron chi connectivity index (χ0n) is 8.87. The molecule has 4 nitrogen and oxygen atoms in total. The standard InChI is InChI=1S/C9H12Br2N2O2S2/c10-8-4-7(9(11)16-8)17(14,15)13-5-6-2-1-3-12-6/h4,6,12-13H,1-3,5H2. The summed E-state index contributed by atoms with van der Waals surface area (Å²) in [6.07, 6.45) is 2.14. The molecule has 2 N–H and O–H groups in total. The molecule has 0 radical (unpaired) electrons. The van der Waals surface area contributed by atoms with Crippen molar-refractivity contribution in [2.45, 2.75) is 23.8 Å². The lowest BCUT2D eigenvalue weighted by Crippen LogP contribution is -2.37. The molecule has 0 aromatic carbocycles.